The second kappa shape index (κ2) is 36.1. The zero-order chi connectivity index (χ0) is 39.6. The van der Waals surface area contributed by atoms with E-state index in [-0.39, 0.29) is 16.5 Å². The number of hydrogen-bond donors (Lipinski definition) is 0. The Morgan fingerprint density at radius 2 is 0.786 bits per heavy atom. The van der Waals surface area contributed by atoms with Crippen molar-refractivity contribution in [1.82, 2.24) is 0 Å². The maximum absolute atomic E-state index is 5.44. The van der Waals surface area contributed by atoms with E-state index in [1.54, 1.807) is 0 Å². The number of aryl methyl sites for hydroxylation is 4. The Hall–Kier alpha value is -1.99. The zero-order valence-corrected chi connectivity index (χ0v) is 38.7. The summed E-state index contributed by atoms with van der Waals surface area (Å²) in [5, 5.41) is 0. The van der Waals surface area contributed by atoms with Crippen LogP contribution in [0.25, 0.3) is 0 Å². The molecule has 0 aliphatic rings. The van der Waals surface area contributed by atoms with Gasteiger partial charge in [0.1, 0.15) is 0 Å². The number of allylic oxidation sites excluding steroid dienone is 2. The molecule has 0 saturated carbocycles. The van der Waals surface area contributed by atoms with Gasteiger partial charge in [0, 0.05) is 16.5 Å². The van der Waals surface area contributed by atoms with Crippen molar-refractivity contribution in [3.8, 4) is 0 Å². The van der Waals surface area contributed by atoms with Crippen LogP contribution >= 0.6 is 0 Å². The first-order valence-electron chi connectivity index (χ1n) is 24.2. The van der Waals surface area contributed by atoms with Crippen LogP contribution in [-0.2, 0) is 42.2 Å². The first kappa shape index (κ1) is 52.0. The summed E-state index contributed by atoms with van der Waals surface area (Å²) in [7, 11) is 0. The third kappa shape index (κ3) is 24.1. The molecule has 0 amide bonds. The molecule has 0 atom stereocenters. The van der Waals surface area contributed by atoms with Crippen molar-refractivity contribution in [2.75, 3.05) is 0 Å². The fourth-order valence-electron chi connectivity index (χ4n) is 7.69. The number of hydrogen-bond acceptors (Lipinski definition) is 2. The molecule has 3 heteroatoms. The molecule has 0 aliphatic heterocycles. The molecule has 0 heterocycles. The van der Waals surface area contributed by atoms with Gasteiger partial charge in [-0.15, -0.1) is 0 Å². The van der Waals surface area contributed by atoms with Crippen LogP contribution in [0.4, 0.5) is 11.4 Å². The van der Waals surface area contributed by atoms with Gasteiger partial charge in [0.2, 0.25) is 0 Å². The predicted octanol–water partition coefficient (Wildman–Crippen LogP) is 17.9. The van der Waals surface area contributed by atoms with Crippen LogP contribution in [0.3, 0.4) is 0 Å². The van der Waals surface area contributed by atoms with E-state index < -0.39 is 0 Å². The van der Waals surface area contributed by atoms with E-state index in [0.717, 1.165) is 61.3 Å². The van der Waals surface area contributed by atoms with Crippen molar-refractivity contribution in [2.24, 2.45) is 9.98 Å². The Morgan fingerprint density at radius 1 is 0.411 bits per heavy atom. The van der Waals surface area contributed by atoms with Gasteiger partial charge < -0.3 is 0 Å². The van der Waals surface area contributed by atoms with Gasteiger partial charge >= 0.3 is 0 Å². The molecule has 0 radical (unpaired) electrons. The van der Waals surface area contributed by atoms with Crippen molar-refractivity contribution < 1.29 is 16.5 Å². The maximum Gasteiger partial charge on any atom is 0.0848 e. The van der Waals surface area contributed by atoms with E-state index in [0.29, 0.717) is 0 Å². The topological polar surface area (TPSA) is 24.7 Å². The molecule has 0 spiro atoms. The van der Waals surface area contributed by atoms with Crippen molar-refractivity contribution >= 4 is 22.8 Å². The summed E-state index contributed by atoms with van der Waals surface area (Å²) in [5.74, 6) is 0. The summed E-state index contributed by atoms with van der Waals surface area (Å²) in [6.07, 6.45) is 44.7. The van der Waals surface area contributed by atoms with Crippen LogP contribution in [-0.4, -0.2) is 11.4 Å². The normalized spacial score (nSPS) is 12.2. The van der Waals surface area contributed by atoms with Crippen molar-refractivity contribution in [2.45, 2.75) is 241 Å². The number of unbranched alkanes of at least 4 members (excludes halogenated alkanes) is 20. The van der Waals surface area contributed by atoms with E-state index in [1.165, 1.54) is 183 Å². The molecule has 2 aromatic rings. The van der Waals surface area contributed by atoms with E-state index in [9.17, 15) is 0 Å². The van der Waals surface area contributed by atoms with Crippen molar-refractivity contribution in [3.63, 3.8) is 0 Å². The van der Waals surface area contributed by atoms with Gasteiger partial charge in [0.15, 0.2) is 0 Å². The van der Waals surface area contributed by atoms with Gasteiger partial charge in [-0.1, -0.05) is 182 Å². The molecule has 0 unspecified atom stereocenters. The Bertz CT molecular complexity index is 1320. The second-order valence-electron chi connectivity index (χ2n) is 16.6. The average molecular weight is 812 g/mol. The van der Waals surface area contributed by atoms with Crippen LogP contribution in [0, 0.1) is 0 Å². The summed E-state index contributed by atoms with van der Waals surface area (Å²) in [6, 6.07) is 14.1. The van der Waals surface area contributed by atoms with Crippen LogP contribution in [0.5, 0.6) is 0 Å². The van der Waals surface area contributed by atoms with Gasteiger partial charge in [-0.25, -0.2) is 4.99 Å². The second-order valence-corrected chi connectivity index (χ2v) is 16.6. The first-order valence-corrected chi connectivity index (χ1v) is 24.2. The summed E-state index contributed by atoms with van der Waals surface area (Å²) >= 11 is 0. The van der Waals surface area contributed by atoms with Crippen molar-refractivity contribution in [3.05, 3.63) is 70.8 Å². The number of nitrogens with zero attached hydrogens (tertiary/aromatic N) is 2. The number of benzene rings is 2. The van der Waals surface area contributed by atoms with Gasteiger partial charge in [-0.05, 0) is 130 Å². The molecule has 56 heavy (non-hydrogen) atoms. The average Bonchev–Trinajstić information content (AvgIpc) is 3.20. The smallest absolute Gasteiger partial charge is 0.0848 e. The molecule has 0 fully saturated rings. The maximum atomic E-state index is 5.44. The minimum atomic E-state index is 0. The molecule has 0 aliphatic carbocycles. The fraction of sp³-hybridized carbons (Fsp3) is 0.698. The standard InChI is InChI=1S/C53H88N2.Ni/c1-7-13-19-20-21-22-23-24-25-26-27-28-29-30-31-32-33-39-53(55-51-43-41-47(35-15-9-3)49(45-51)37-17-11-5)52(38-18-12-6)54-50-42-40-46(34-14-8-2)48(44-50)36-16-10-4;/h33,39-45H,7-32,34-38H2,1-6H3;/b39-33+,54-52+,55-53+;. The Kier molecular flexibility index (Phi) is 33.6. The Labute approximate surface area is 359 Å². The number of rotatable bonds is 35. The van der Waals surface area contributed by atoms with Crippen LogP contribution < -0.4 is 0 Å². The molecule has 2 rings (SSSR count). The molecule has 2 aromatic carbocycles. The summed E-state index contributed by atoms with van der Waals surface area (Å²) in [5.41, 5.74) is 10.4. The zero-order valence-electron chi connectivity index (χ0n) is 37.7. The minimum Gasteiger partial charge on any atom is -0.251 e. The van der Waals surface area contributed by atoms with E-state index >= 15 is 0 Å². The molecule has 0 N–H and O–H groups in total. The number of aliphatic imine (C=N–C) groups is 2. The first-order chi connectivity index (χ1) is 27.1. The minimum absolute atomic E-state index is 0. The van der Waals surface area contributed by atoms with Crippen molar-refractivity contribution in [1.29, 1.82) is 0 Å². The third-order valence-electron chi connectivity index (χ3n) is 11.4. The largest absolute Gasteiger partial charge is 0.251 e. The predicted molar refractivity (Wildman–Crippen MR) is 250 cm³/mol. The molecular formula is C53H88N2Ni. The monoisotopic (exact) mass is 811 g/mol. The molecule has 0 aromatic heterocycles. The van der Waals surface area contributed by atoms with Crippen LogP contribution in [0.2, 0.25) is 0 Å². The third-order valence-corrected chi connectivity index (χ3v) is 11.4. The van der Waals surface area contributed by atoms with E-state index in [1.807, 2.05) is 0 Å². The summed E-state index contributed by atoms with van der Waals surface area (Å²) in [6.45, 7) is 13.8. The van der Waals surface area contributed by atoms with Gasteiger partial charge in [0.25, 0.3) is 0 Å². The molecular weight excluding hydrogens is 723 g/mol. The van der Waals surface area contributed by atoms with E-state index in [2.05, 4.69) is 90.1 Å². The summed E-state index contributed by atoms with van der Waals surface area (Å²) < 4.78 is 0. The summed E-state index contributed by atoms with van der Waals surface area (Å²) in [4.78, 5) is 10.9. The quantitative estimate of drug-likeness (QED) is 0.0376. The van der Waals surface area contributed by atoms with Gasteiger partial charge in [-0.3, -0.25) is 4.99 Å². The molecule has 2 nitrogen and oxygen atoms in total. The molecule has 320 valence electrons. The Balaban J connectivity index is 0.0000157. The van der Waals surface area contributed by atoms with E-state index in [4.69, 9.17) is 9.98 Å². The molecule has 0 bridgehead atoms. The van der Waals surface area contributed by atoms with Crippen LogP contribution in [0.1, 0.15) is 237 Å². The van der Waals surface area contributed by atoms with Gasteiger partial charge in [0.05, 0.1) is 22.8 Å². The van der Waals surface area contributed by atoms with Gasteiger partial charge in [-0.2, -0.15) is 0 Å². The fourth-order valence-corrected chi connectivity index (χ4v) is 7.69. The Morgan fingerprint density at radius 3 is 1.21 bits per heavy atom. The SMILES string of the molecule is CCCCCCCCCCCCCCCCC/C=C/C(=N\c1ccc(CCCC)c(CCCC)c1)C(/CCCC)=N/c1ccc(CCCC)c(CCCC)c1.[Ni]. The molecule has 0 saturated heterocycles. The van der Waals surface area contributed by atoms with Crippen LogP contribution in [0.15, 0.2) is 58.5 Å².